The lowest BCUT2D eigenvalue weighted by Gasteiger charge is -2.13. The van der Waals surface area contributed by atoms with Crippen LogP contribution in [-0.2, 0) is 17.9 Å². The van der Waals surface area contributed by atoms with Gasteiger partial charge in [0.05, 0.1) is 11.0 Å². The van der Waals surface area contributed by atoms with Crippen molar-refractivity contribution in [1.82, 2.24) is 14.3 Å². The molecule has 0 unspecified atom stereocenters. The third-order valence-electron chi connectivity index (χ3n) is 5.22. The highest BCUT2D eigenvalue weighted by molar-refractivity contribution is 9.10. The highest BCUT2D eigenvalue weighted by Gasteiger charge is 2.11. The second kappa shape index (κ2) is 8.25. The lowest BCUT2D eigenvalue weighted by Crippen LogP contribution is -2.25. The van der Waals surface area contributed by atoms with Crippen LogP contribution in [0.5, 0.6) is 0 Å². The Balaban J connectivity index is 1.48. The van der Waals surface area contributed by atoms with Crippen molar-refractivity contribution in [3.8, 4) is 0 Å². The van der Waals surface area contributed by atoms with Gasteiger partial charge < -0.3 is 14.3 Å². The first-order valence-corrected chi connectivity index (χ1v) is 10.4. The van der Waals surface area contributed by atoms with Crippen molar-refractivity contribution in [2.75, 3.05) is 0 Å². The minimum absolute atomic E-state index is 0.00412. The largest absolute Gasteiger partial charge is 0.352 e. The fourth-order valence-corrected chi connectivity index (χ4v) is 3.99. The number of rotatable bonds is 6. The Hall–Kier alpha value is -2.86. The van der Waals surface area contributed by atoms with Crippen LogP contribution in [0, 0.1) is 6.92 Å². The molecular formula is C23H22BrN3O2. The van der Waals surface area contributed by atoms with Gasteiger partial charge in [-0.1, -0.05) is 40.2 Å². The highest BCUT2D eigenvalue weighted by atomic mass is 79.9. The average Bonchev–Trinajstić information content (AvgIpc) is 3.20. The normalized spacial score (nSPS) is 11.2. The molecule has 0 saturated carbocycles. The van der Waals surface area contributed by atoms with Gasteiger partial charge >= 0.3 is 0 Å². The van der Waals surface area contributed by atoms with Gasteiger partial charge in [-0.05, 0) is 54.8 Å². The molecule has 0 saturated heterocycles. The quantitative estimate of drug-likeness (QED) is 0.471. The number of aromatic nitrogens is 2. The molecule has 0 fully saturated rings. The Kier molecular flexibility index (Phi) is 5.53. The summed E-state index contributed by atoms with van der Waals surface area (Å²) in [5.74, 6) is -0.00412. The van der Waals surface area contributed by atoms with Crippen molar-refractivity contribution in [2.45, 2.75) is 32.9 Å². The summed E-state index contributed by atoms with van der Waals surface area (Å²) in [7, 11) is 0. The van der Waals surface area contributed by atoms with Gasteiger partial charge in [0.2, 0.25) is 5.91 Å². The van der Waals surface area contributed by atoms with Gasteiger partial charge in [-0.15, -0.1) is 0 Å². The van der Waals surface area contributed by atoms with Gasteiger partial charge in [0.15, 0.2) is 0 Å². The van der Waals surface area contributed by atoms with Gasteiger partial charge in [-0.25, -0.2) is 0 Å². The van der Waals surface area contributed by atoms with Crippen LogP contribution in [0.2, 0.25) is 0 Å². The first-order valence-electron chi connectivity index (χ1n) is 9.65. The van der Waals surface area contributed by atoms with Gasteiger partial charge in [0.1, 0.15) is 5.52 Å². The highest BCUT2D eigenvalue weighted by Crippen LogP contribution is 2.20. The van der Waals surface area contributed by atoms with Crippen molar-refractivity contribution in [3.63, 3.8) is 0 Å². The second-order valence-corrected chi connectivity index (χ2v) is 8.08. The summed E-state index contributed by atoms with van der Waals surface area (Å²) in [6, 6.07) is 17.6. The zero-order valence-corrected chi connectivity index (χ0v) is 17.8. The van der Waals surface area contributed by atoms with E-state index >= 15 is 0 Å². The molecule has 1 amide bonds. The molecule has 0 spiro atoms. The second-order valence-electron chi connectivity index (χ2n) is 7.16. The topological polar surface area (TPSA) is 55.5 Å². The van der Waals surface area contributed by atoms with E-state index in [4.69, 9.17) is 0 Å². The summed E-state index contributed by atoms with van der Waals surface area (Å²) in [5.41, 5.74) is 4.71. The van der Waals surface area contributed by atoms with E-state index in [0.29, 0.717) is 31.4 Å². The fraction of sp³-hybridized carbons (Fsp3) is 0.217. The van der Waals surface area contributed by atoms with Crippen LogP contribution in [-0.4, -0.2) is 14.9 Å². The molecule has 0 atom stereocenters. The molecule has 148 valence electrons. The molecule has 0 radical (unpaired) electrons. The number of nitrogens with one attached hydrogen (secondary N) is 1. The first kappa shape index (κ1) is 19.5. The van der Waals surface area contributed by atoms with E-state index in [9.17, 15) is 9.59 Å². The van der Waals surface area contributed by atoms with Crippen molar-refractivity contribution in [2.24, 2.45) is 0 Å². The van der Waals surface area contributed by atoms with E-state index < -0.39 is 0 Å². The summed E-state index contributed by atoms with van der Waals surface area (Å²) in [6.45, 7) is 3.05. The number of hydrogen-bond donors (Lipinski definition) is 1. The molecule has 4 rings (SSSR count). The third kappa shape index (κ3) is 3.98. The minimum Gasteiger partial charge on any atom is -0.352 e. The summed E-state index contributed by atoms with van der Waals surface area (Å²) in [6.07, 6.45) is 2.87. The number of hydrogen-bond acceptors (Lipinski definition) is 2. The van der Waals surface area contributed by atoms with Gasteiger partial charge in [0.25, 0.3) is 5.56 Å². The predicted octanol–water partition coefficient (Wildman–Crippen LogP) is 4.42. The number of benzene rings is 2. The Morgan fingerprint density at radius 1 is 1.03 bits per heavy atom. The minimum atomic E-state index is -0.0408. The number of carbonyl (C=O) groups is 1. The molecule has 29 heavy (non-hydrogen) atoms. The van der Waals surface area contributed by atoms with Crippen LogP contribution in [0.3, 0.4) is 0 Å². The lowest BCUT2D eigenvalue weighted by molar-refractivity contribution is -0.121. The SMILES string of the molecule is Cc1ccccc1CNC(=O)CCCn1c(=O)c2cccn2c2ccc(Br)cc21. The maximum absolute atomic E-state index is 13.0. The molecule has 0 aliphatic heterocycles. The molecule has 2 aromatic carbocycles. The van der Waals surface area contributed by atoms with Crippen molar-refractivity contribution in [1.29, 1.82) is 0 Å². The van der Waals surface area contributed by atoms with Crippen LogP contribution in [0.25, 0.3) is 16.6 Å². The standard InChI is InChI=1S/C23H22BrN3O2/c1-16-6-2-3-7-17(16)15-25-22(28)9-5-13-27-21-14-18(24)10-11-19(21)26-12-4-8-20(26)23(27)29/h2-4,6-8,10-12,14H,5,9,13,15H2,1H3,(H,25,28). The van der Waals surface area contributed by atoms with E-state index in [0.717, 1.165) is 26.6 Å². The van der Waals surface area contributed by atoms with Crippen LogP contribution in [0.4, 0.5) is 0 Å². The van der Waals surface area contributed by atoms with Crippen LogP contribution < -0.4 is 10.9 Å². The number of fused-ring (bicyclic) bond motifs is 3. The fourth-order valence-electron chi connectivity index (χ4n) is 3.64. The number of amides is 1. The van der Waals surface area contributed by atoms with E-state index in [2.05, 4.69) is 21.2 Å². The Morgan fingerprint density at radius 3 is 2.69 bits per heavy atom. The molecule has 0 aliphatic carbocycles. The van der Waals surface area contributed by atoms with Gasteiger partial charge in [0, 0.05) is 30.2 Å². The maximum Gasteiger partial charge on any atom is 0.275 e. The van der Waals surface area contributed by atoms with Gasteiger partial charge in [-0.3, -0.25) is 9.59 Å². The Labute approximate surface area is 177 Å². The molecule has 2 aromatic heterocycles. The van der Waals surface area contributed by atoms with Crippen molar-refractivity contribution in [3.05, 3.63) is 86.7 Å². The van der Waals surface area contributed by atoms with Gasteiger partial charge in [-0.2, -0.15) is 0 Å². The molecule has 6 heteroatoms. The van der Waals surface area contributed by atoms with E-state index in [1.165, 1.54) is 0 Å². The number of carbonyl (C=O) groups excluding carboxylic acids is 1. The third-order valence-corrected chi connectivity index (χ3v) is 5.72. The zero-order valence-electron chi connectivity index (χ0n) is 16.2. The first-order chi connectivity index (χ1) is 14.0. The van der Waals surface area contributed by atoms with Crippen molar-refractivity contribution >= 4 is 38.4 Å². The zero-order chi connectivity index (χ0) is 20.4. The number of nitrogens with zero attached hydrogens (tertiary/aromatic N) is 2. The molecule has 5 nitrogen and oxygen atoms in total. The molecule has 0 aliphatic rings. The summed E-state index contributed by atoms with van der Waals surface area (Å²) in [4.78, 5) is 25.2. The number of halogens is 1. The maximum atomic E-state index is 13.0. The van der Waals surface area contributed by atoms with Crippen LogP contribution >= 0.6 is 15.9 Å². The molecule has 1 N–H and O–H groups in total. The Bertz CT molecular complexity index is 1260. The molecular weight excluding hydrogens is 430 g/mol. The summed E-state index contributed by atoms with van der Waals surface area (Å²) < 4.78 is 4.60. The average molecular weight is 452 g/mol. The van der Waals surface area contributed by atoms with Crippen LogP contribution in [0.1, 0.15) is 24.0 Å². The van der Waals surface area contributed by atoms with E-state index in [1.54, 1.807) is 4.57 Å². The predicted molar refractivity (Wildman–Crippen MR) is 119 cm³/mol. The smallest absolute Gasteiger partial charge is 0.275 e. The van der Waals surface area contributed by atoms with E-state index in [-0.39, 0.29) is 11.5 Å². The molecule has 0 bridgehead atoms. The number of aryl methyl sites for hydroxylation is 2. The summed E-state index contributed by atoms with van der Waals surface area (Å²) >= 11 is 3.50. The monoisotopic (exact) mass is 451 g/mol. The van der Waals surface area contributed by atoms with Crippen molar-refractivity contribution < 1.29 is 4.79 Å². The molecule has 4 aromatic rings. The van der Waals surface area contributed by atoms with Crippen LogP contribution in [0.15, 0.2) is 70.1 Å². The van der Waals surface area contributed by atoms with E-state index in [1.807, 2.05) is 72.1 Å². The lowest BCUT2D eigenvalue weighted by atomic mass is 10.1. The molecule has 2 heterocycles. The summed E-state index contributed by atoms with van der Waals surface area (Å²) in [5, 5.41) is 2.97. The Morgan fingerprint density at radius 2 is 1.86 bits per heavy atom.